The number of likely N-dealkylation sites (N-methyl/N-ethyl adjacent to an activating group) is 1. The van der Waals surface area contributed by atoms with Crippen molar-refractivity contribution in [2.24, 2.45) is 0 Å². The van der Waals surface area contributed by atoms with Crippen molar-refractivity contribution in [3.8, 4) is 11.5 Å². The molecule has 4 aromatic rings. The maximum atomic E-state index is 14.3. The first-order chi connectivity index (χ1) is 22.3. The highest BCUT2D eigenvalue weighted by Gasteiger charge is 2.41. The van der Waals surface area contributed by atoms with Gasteiger partial charge in [0.05, 0.1) is 18.0 Å². The minimum absolute atomic E-state index is 0.135. The molecular weight excluding hydrogens is 604 g/mol. The molecule has 1 aliphatic rings. The highest BCUT2D eigenvalue weighted by Crippen LogP contribution is 2.48. The van der Waals surface area contributed by atoms with Crippen molar-refractivity contribution in [3.63, 3.8) is 0 Å². The Kier molecular flexibility index (Phi) is 10.8. The van der Waals surface area contributed by atoms with Crippen molar-refractivity contribution in [1.29, 1.82) is 0 Å². The number of amides is 2. The predicted octanol–water partition coefficient (Wildman–Crippen LogP) is 6.65. The van der Waals surface area contributed by atoms with Crippen LogP contribution in [-0.2, 0) is 32.3 Å². The van der Waals surface area contributed by atoms with Crippen molar-refractivity contribution < 1.29 is 33.3 Å². The molecule has 0 bridgehead atoms. The van der Waals surface area contributed by atoms with Crippen LogP contribution < -0.4 is 14.4 Å². The molecule has 0 spiro atoms. The van der Waals surface area contributed by atoms with Crippen LogP contribution in [0.3, 0.4) is 0 Å². The van der Waals surface area contributed by atoms with Gasteiger partial charge in [0.1, 0.15) is 24.7 Å². The molecule has 0 aliphatic carbocycles. The SMILES string of the molecule is COc1ccc(C2Sc3cc(OCc4ccccc4)ccc3N(CCN(C)C(=O)OCc3ccccc3)C(=O)C2OC(C)=O)cc1. The Morgan fingerprint density at radius 2 is 1.48 bits per heavy atom. The van der Waals surface area contributed by atoms with E-state index in [4.69, 9.17) is 18.9 Å². The van der Waals surface area contributed by atoms with Crippen LogP contribution in [0.2, 0.25) is 0 Å². The van der Waals surface area contributed by atoms with Gasteiger partial charge < -0.3 is 28.7 Å². The molecule has 0 fully saturated rings. The minimum Gasteiger partial charge on any atom is -0.497 e. The first-order valence-corrected chi connectivity index (χ1v) is 15.7. The summed E-state index contributed by atoms with van der Waals surface area (Å²) in [5, 5.41) is -0.566. The molecule has 9 nitrogen and oxygen atoms in total. The lowest BCUT2D eigenvalue weighted by Crippen LogP contribution is -2.46. The van der Waals surface area contributed by atoms with Gasteiger partial charge in [0.2, 0.25) is 0 Å². The molecule has 4 aromatic carbocycles. The minimum atomic E-state index is -1.13. The quantitative estimate of drug-likeness (QED) is 0.168. The van der Waals surface area contributed by atoms with Crippen molar-refractivity contribution in [3.05, 3.63) is 120 Å². The van der Waals surface area contributed by atoms with Crippen molar-refractivity contribution >= 4 is 35.4 Å². The zero-order chi connectivity index (χ0) is 32.5. The number of nitrogens with zero attached hydrogens (tertiary/aromatic N) is 2. The molecule has 46 heavy (non-hydrogen) atoms. The highest BCUT2D eigenvalue weighted by atomic mass is 32.2. The second kappa shape index (κ2) is 15.4. The van der Waals surface area contributed by atoms with E-state index < -0.39 is 29.3 Å². The molecule has 2 atom stereocenters. The second-order valence-corrected chi connectivity index (χ2v) is 11.9. The van der Waals surface area contributed by atoms with Crippen LogP contribution in [0, 0.1) is 0 Å². The Morgan fingerprint density at radius 1 is 0.848 bits per heavy atom. The first kappa shape index (κ1) is 32.4. The van der Waals surface area contributed by atoms with Gasteiger partial charge in [0.15, 0.2) is 6.10 Å². The summed E-state index contributed by atoms with van der Waals surface area (Å²) in [7, 11) is 3.20. The van der Waals surface area contributed by atoms with Gasteiger partial charge in [-0.25, -0.2) is 4.79 Å². The Hall–Kier alpha value is -4.96. The van der Waals surface area contributed by atoms with Crippen LogP contribution in [0.15, 0.2) is 108 Å². The van der Waals surface area contributed by atoms with E-state index in [-0.39, 0.29) is 19.7 Å². The zero-order valence-electron chi connectivity index (χ0n) is 26.0. The molecule has 10 heteroatoms. The Morgan fingerprint density at radius 3 is 2.11 bits per heavy atom. The van der Waals surface area contributed by atoms with Crippen LogP contribution in [-0.4, -0.2) is 56.2 Å². The third kappa shape index (κ3) is 8.19. The number of rotatable bonds is 11. The van der Waals surface area contributed by atoms with E-state index in [1.807, 2.05) is 103 Å². The second-order valence-electron chi connectivity index (χ2n) is 10.7. The summed E-state index contributed by atoms with van der Waals surface area (Å²) in [5.74, 6) is 0.324. The van der Waals surface area contributed by atoms with Gasteiger partial charge in [0, 0.05) is 32.0 Å². The molecule has 0 radical (unpaired) electrons. The van der Waals surface area contributed by atoms with E-state index in [1.165, 1.54) is 23.6 Å². The fraction of sp³-hybridized carbons (Fsp3) is 0.250. The topological polar surface area (TPSA) is 94.6 Å². The largest absolute Gasteiger partial charge is 0.497 e. The van der Waals surface area contributed by atoms with E-state index >= 15 is 0 Å². The van der Waals surface area contributed by atoms with Crippen LogP contribution in [0.1, 0.15) is 28.9 Å². The van der Waals surface area contributed by atoms with Gasteiger partial charge in [-0.05, 0) is 47.0 Å². The summed E-state index contributed by atoms with van der Waals surface area (Å²) in [6.45, 7) is 2.12. The third-order valence-corrected chi connectivity index (χ3v) is 8.78. The summed E-state index contributed by atoms with van der Waals surface area (Å²) in [6.07, 6.45) is -1.65. The van der Waals surface area contributed by atoms with Gasteiger partial charge in [-0.3, -0.25) is 9.59 Å². The van der Waals surface area contributed by atoms with Gasteiger partial charge in [-0.1, -0.05) is 72.8 Å². The summed E-state index contributed by atoms with van der Waals surface area (Å²) in [5.41, 5.74) is 3.31. The average molecular weight is 641 g/mol. The molecule has 0 saturated carbocycles. The molecule has 0 saturated heterocycles. The summed E-state index contributed by atoms with van der Waals surface area (Å²) in [6, 6.07) is 32.1. The average Bonchev–Trinajstić information content (AvgIpc) is 3.19. The molecule has 2 unspecified atom stereocenters. The number of hydrogen-bond acceptors (Lipinski definition) is 8. The molecule has 2 amide bonds. The zero-order valence-corrected chi connectivity index (χ0v) is 26.8. The van der Waals surface area contributed by atoms with Gasteiger partial charge >= 0.3 is 12.1 Å². The van der Waals surface area contributed by atoms with Crippen LogP contribution in [0.25, 0.3) is 0 Å². The molecule has 1 heterocycles. The molecule has 1 aliphatic heterocycles. The number of benzene rings is 4. The number of ether oxygens (including phenoxy) is 4. The predicted molar refractivity (Wildman–Crippen MR) is 176 cm³/mol. The maximum absolute atomic E-state index is 14.3. The van der Waals surface area contributed by atoms with Gasteiger partial charge in [0.25, 0.3) is 5.91 Å². The Balaban J connectivity index is 1.43. The lowest BCUT2D eigenvalue weighted by molar-refractivity contribution is -0.152. The summed E-state index contributed by atoms with van der Waals surface area (Å²) in [4.78, 5) is 43.2. The molecule has 0 N–H and O–H groups in total. The van der Waals surface area contributed by atoms with E-state index in [0.717, 1.165) is 21.6 Å². The maximum Gasteiger partial charge on any atom is 0.409 e. The lowest BCUT2D eigenvalue weighted by Gasteiger charge is -2.29. The van der Waals surface area contributed by atoms with E-state index in [9.17, 15) is 14.4 Å². The number of esters is 1. The van der Waals surface area contributed by atoms with Crippen LogP contribution >= 0.6 is 11.8 Å². The highest BCUT2D eigenvalue weighted by molar-refractivity contribution is 7.99. The molecule has 238 valence electrons. The fourth-order valence-corrected chi connectivity index (χ4v) is 6.32. The first-order valence-electron chi connectivity index (χ1n) is 14.8. The van der Waals surface area contributed by atoms with E-state index in [2.05, 4.69) is 0 Å². The van der Waals surface area contributed by atoms with E-state index in [1.54, 1.807) is 19.1 Å². The molecular formula is C36H36N2O7S. The van der Waals surface area contributed by atoms with Gasteiger partial charge in [-0.15, -0.1) is 11.8 Å². The number of carbonyl (C=O) groups excluding carboxylic acids is 3. The smallest absolute Gasteiger partial charge is 0.409 e. The van der Waals surface area contributed by atoms with Crippen molar-refractivity contribution in [1.82, 2.24) is 4.90 Å². The summed E-state index contributed by atoms with van der Waals surface area (Å²) < 4.78 is 22.7. The van der Waals surface area contributed by atoms with Crippen molar-refractivity contribution in [2.45, 2.75) is 36.4 Å². The number of fused-ring (bicyclic) bond motifs is 1. The number of anilines is 1. The molecule has 0 aromatic heterocycles. The number of hydrogen-bond donors (Lipinski definition) is 0. The number of methoxy groups -OCH3 is 1. The van der Waals surface area contributed by atoms with E-state index in [0.29, 0.717) is 23.8 Å². The number of thioether (sulfide) groups is 1. The standard InChI is InChI=1S/C36H36N2O7S/c1-25(39)45-33-34(28-14-16-29(42-3)17-15-28)46-32-22-30(43-23-26-10-6-4-7-11-26)18-19-31(32)38(35(33)40)21-20-37(2)36(41)44-24-27-12-8-5-9-13-27/h4-19,22,33-34H,20-21,23-24H2,1-3H3. The van der Waals surface area contributed by atoms with Crippen LogP contribution in [0.4, 0.5) is 10.5 Å². The lowest BCUT2D eigenvalue weighted by atomic mass is 10.1. The fourth-order valence-electron chi connectivity index (χ4n) is 4.97. The Labute approximate surface area is 273 Å². The summed E-state index contributed by atoms with van der Waals surface area (Å²) >= 11 is 1.42. The normalized spacial score (nSPS) is 15.7. The Bertz CT molecular complexity index is 1630. The number of carbonyl (C=O) groups is 3. The van der Waals surface area contributed by atoms with Crippen molar-refractivity contribution in [2.75, 3.05) is 32.1 Å². The monoisotopic (exact) mass is 640 g/mol. The van der Waals surface area contributed by atoms with Crippen LogP contribution in [0.5, 0.6) is 11.5 Å². The van der Waals surface area contributed by atoms with Gasteiger partial charge in [-0.2, -0.15) is 0 Å². The molecule has 5 rings (SSSR count). The third-order valence-electron chi connectivity index (χ3n) is 7.42.